The standard InChI is InChI=1S/C23H20ClN7O5/c1-12-6-13(9-25)7-15(21(32)26-2)19(12)28-22(33)17-8-18(36-14-10-30(11-14)23(34)35)29-31(17)20-16(24)4-3-5-27-20/h3-8,14H,10-11H2,1-2H3,(H,26,32)(H,28,33)(H,34,35). The van der Waals surface area contributed by atoms with E-state index in [1.54, 1.807) is 25.1 Å². The fourth-order valence-corrected chi connectivity index (χ4v) is 3.82. The summed E-state index contributed by atoms with van der Waals surface area (Å²) in [5, 5.41) is 28.1. The van der Waals surface area contributed by atoms with Gasteiger partial charge in [0.1, 0.15) is 11.8 Å². The van der Waals surface area contributed by atoms with Crippen molar-refractivity contribution < 1.29 is 24.2 Å². The molecule has 0 radical (unpaired) electrons. The second-order valence-electron chi connectivity index (χ2n) is 7.88. The number of nitriles is 1. The molecule has 3 aromatic rings. The Hall–Kier alpha value is -4.63. The van der Waals surface area contributed by atoms with Crippen molar-refractivity contribution in [2.75, 3.05) is 25.5 Å². The Morgan fingerprint density at radius 2 is 2.00 bits per heavy atom. The van der Waals surface area contributed by atoms with Crippen LogP contribution in [0.1, 0.15) is 32.0 Å². The number of carbonyl (C=O) groups excluding carboxylic acids is 2. The van der Waals surface area contributed by atoms with Gasteiger partial charge in [0.15, 0.2) is 5.82 Å². The van der Waals surface area contributed by atoms with Gasteiger partial charge in [-0.1, -0.05) is 11.6 Å². The maximum Gasteiger partial charge on any atom is 0.407 e. The number of pyridine rings is 1. The third-order valence-electron chi connectivity index (χ3n) is 5.44. The molecule has 3 heterocycles. The number of benzene rings is 1. The van der Waals surface area contributed by atoms with E-state index in [1.165, 1.54) is 35.0 Å². The number of halogens is 1. The molecule has 12 nitrogen and oxygen atoms in total. The third-order valence-corrected chi connectivity index (χ3v) is 5.74. The molecule has 0 spiro atoms. The fraction of sp³-hybridized carbons (Fsp3) is 0.217. The highest BCUT2D eigenvalue weighted by atomic mass is 35.5. The number of aryl methyl sites for hydroxylation is 1. The number of nitrogens with zero attached hydrogens (tertiary/aromatic N) is 5. The molecule has 1 fully saturated rings. The predicted octanol–water partition coefficient (Wildman–Crippen LogP) is 2.45. The Kier molecular flexibility index (Phi) is 6.75. The molecule has 13 heteroatoms. The molecule has 2 aromatic heterocycles. The molecule has 1 aromatic carbocycles. The van der Waals surface area contributed by atoms with Crippen molar-refractivity contribution in [1.82, 2.24) is 25.0 Å². The minimum atomic E-state index is -1.05. The summed E-state index contributed by atoms with van der Waals surface area (Å²) in [6.07, 6.45) is 0.00145. The minimum absolute atomic E-state index is 0.00614. The molecule has 3 N–H and O–H groups in total. The second kappa shape index (κ2) is 9.93. The van der Waals surface area contributed by atoms with Gasteiger partial charge in [-0.25, -0.2) is 14.5 Å². The maximum absolute atomic E-state index is 13.4. The topological polar surface area (TPSA) is 162 Å². The monoisotopic (exact) mass is 509 g/mol. The SMILES string of the molecule is CNC(=O)c1cc(C#N)cc(C)c1NC(=O)c1cc(OC2CN(C(=O)O)C2)nn1-c1ncccc1Cl. The van der Waals surface area contributed by atoms with Gasteiger partial charge in [-0.3, -0.25) is 9.59 Å². The molecule has 4 rings (SSSR count). The highest BCUT2D eigenvalue weighted by Crippen LogP contribution is 2.27. The van der Waals surface area contributed by atoms with Crippen LogP contribution in [0.4, 0.5) is 10.5 Å². The van der Waals surface area contributed by atoms with Gasteiger partial charge in [0.25, 0.3) is 11.8 Å². The van der Waals surface area contributed by atoms with E-state index in [1.807, 2.05) is 6.07 Å². The van der Waals surface area contributed by atoms with Crippen molar-refractivity contribution in [2.45, 2.75) is 13.0 Å². The summed E-state index contributed by atoms with van der Waals surface area (Å²) in [4.78, 5) is 42.3. The molecular weight excluding hydrogens is 490 g/mol. The van der Waals surface area contributed by atoms with E-state index in [0.717, 1.165) is 0 Å². The van der Waals surface area contributed by atoms with Crippen LogP contribution in [0.3, 0.4) is 0 Å². The summed E-state index contributed by atoms with van der Waals surface area (Å²) in [7, 11) is 1.44. The van der Waals surface area contributed by atoms with Crippen molar-refractivity contribution in [3.63, 3.8) is 0 Å². The van der Waals surface area contributed by atoms with Gasteiger partial charge in [0, 0.05) is 19.3 Å². The van der Waals surface area contributed by atoms with Crippen molar-refractivity contribution >= 4 is 35.2 Å². The van der Waals surface area contributed by atoms with Gasteiger partial charge in [-0.05, 0) is 36.8 Å². The third kappa shape index (κ3) is 4.77. The van der Waals surface area contributed by atoms with Crippen LogP contribution in [0.15, 0.2) is 36.5 Å². The number of hydrogen-bond acceptors (Lipinski definition) is 7. The molecule has 0 saturated carbocycles. The van der Waals surface area contributed by atoms with Gasteiger partial charge in [0.2, 0.25) is 5.88 Å². The van der Waals surface area contributed by atoms with E-state index >= 15 is 0 Å². The molecule has 1 aliphatic rings. The molecule has 0 atom stereocenters. The van der Waals surface area contributed by atoms with E-state index in [4.69, 9.17) is 21.4 Å². The van der Waals surface area contributed by atoms with Crippen LogP contribution in [-0.4, -0.2) is 68.9 Å². The van der Waals surface area contributed by atoms with E-state index in [9.17, 15) is 19.6 Å². The molecule has 1 saturated heterocycles. The largest absolute Gasteiger partial charge is 0.469 e. The first-order valence-corrected chi connectivity index (χ1v) is 11.0. The number of carbonyl (C=O) groups is 3. The number of amides is 3. The lowest BCUT2D eigenvalue weighted by atomic mass is 10.0. The predicted molar refractivity (Wildman–Crippen MR) is 128 cm³/mol. The Bertz CT molecular complexity index is 1410. The van der Waals surface area contributed by atoms with Crippen LogP contribution in [0.25, 0.3) is 5.82 Å². The van der Waals surface area contributed by atoms with E-state index < -0.39 is 24.0 Å². The Morgan fingerprint density at radius 3 is 2.64 bits per heavy atom. The highest BCUT2D eigenvalue weighted by Gasteiger charge is 2.33. The molecular formula is C23H20ClN7O5. The van der Waals surface area contributed by atoms with Crippen molar-refractivity contribution in [1.29, 1.82) is 5.26 Å². The minimum Gasteiger partial charge on any atom is -0.469 e. The van der Waals surface area contributed by atoms with Crippen LogP contribution in [0.5, 0.6) is 5.88 Å². The van der Waals surface area contributed by atoms with Gasteiger partial charge < -0.3 is 25.4 Å². The lowest BCUT2D eigenvalue weighted by Crippen LogP contribution is -2.55. The number of aromatic nitrogens is 3. The summed E-state index contributed by atoms with van der Waals surface area (Å²) in [5.41, 5.74) is 1.11. The zero-order valence-corrected chi connectivity index (χ0v) is 19.9. The summed E-state index contributed by atoms with van der Waals surface area (Å²) >= 11 is 6.30. The Labute approximate surface area is 210 Å². The summed E-state index contributed by atoms with van der Waals surface area (Å²) in [6.45, 7) is 1.98. The quantitative estimate of drug-likeness (QED) is 0.456. The first-order valence-electron chi connectivity index (χ1n) is 10.7. The van der Waals surface area contributed by atoms with Crippen LogP contribution in [0.2, 0.25) is 5.02 Å². The number of anilines is 1. The van der Waals surface area contributed by atoms with Crippen LogP contribution < -0.4 is 15.4 Å². The zero-order chi connectivity index (χ0) is 26.0. The average Bonchev–Trinajstić information content (AvgIpc) is 3.25. The van der Waals surface area contributed by atoms with E-state index in [-0.39, 0.29) is 52.3 Å². The lowest BCUT2D eigenvalue weighted by molar-refractivity contribution is 0.0226. The first kappa shape index (κ1) is 24.5. The number of nitrogens with one attached hydrogen (secondary N) is 2. The van der Waals surface area contributed by atoms with Gasteiger partial charge in [-0.2, -0.15) is 5.26 Å². The van der Waals surface area contributed by atoms with E-state index in [0.29, 0.717) is 5.56 Å². The number of ether oxygens (including phenoxy) is 1. The summed E-state index contributed by atoms with van der Waals surface area (Å²) in [5.74, 6) is -0.885. The normalized spacial score (nSPS) is 12.9. The number of hydrogen-bond donors (Lipinski definition) is 3. The number of carboxylic acid groups (broad SMARTS) is 1. The summed E-state index contributed by atoms with van der Waals surface area (Å²) in [6, 6.07) is 9.51. The summed E-state index contributed by atoms with van der Waals surface area (Å²) < 4.78 is 6.97. The van der Waals surface area contributed by atoms with E-state index in [2.05, 4.69) is 20.7 Å². The van der Waals surface area contributed by atoms with Crippen LogP contribution in [-0.2, 0) is 0 Å². The van der Waals surface area contributed by atoms with Gasteiger partial charge in [-0.15, -0.1) is 5.10 Å². The van der Waals surface area contributed by atoms with Crippen LogP contribution >= 0.6 is 11.6 Å². The average molecular weight is 510 g/mol. The smallest absolute Gasteiger partial charge is 0.407 e. The first-order chi connectivity index (χ1) is 17.2. The molecule has 0 bridgehead atoms. The van der Waals surface area contributed by atoms with Gasteiger partial charge in [0.05, 0.1) is 41.0 Å². The van der Waals surface area contributed by atoms with Crippen LogP contribution in [0, 0.1) is 18.3 Å². The second-order valence-corrected chi connectivity index (χ2v) is 8.28. The maximum atomic E-state index is 13.4. The van der Waals surface area contributed by atoms with Crippen molar-refractivity contribution in [3.8, 4) is 17.8 Å². The fourth-order valence-electron chi connectivity index (χ4n) is 3.62. The Morgan fingerprint density at radius 1 is 1.25 bits per heavy atom. The lowest BCUT2D eigenvalue weighted by Gasteiger charge is -2.36. The molecule has 0 unspecified atom stereocenters. The van der Waals surface area contributed by atoms with Gasteiger partial charge >= 0.3 is 6.09 Å². The molecule has 36 heavy (non-hydrogen) atoms. The highest BCUT2D eigenvalue weighted by molar-refractivity contribution is 6.32. The molecule has 184 valence electrons. The molecule has 1 aliphatic heterocycles. The number of likely N-dealkylation sites (tertiary alicyclic amines) is 1. The number of rotatable bonds is 6. The molecule has 3 amide bonds. The van der Waals surface area contributed by atoms with Crippen molar-refractivity contribution in [3.05, 3.63) is 63.9 Å². The molecule has 0 aliphatic carbocycles. The van der Waals surface area contributed by atoms with Crippen molar-refractivity contribution in [2.24, 2.45) is 0 Å². The Balaban J connectivity index is 1.70. The zero-order valence-electron chi connectivity index (χ0n) is 19.1.